The highest BCUT2D eigenvalue weighted by molar-refractivity contribution is 5.99. The first kappa shape index (κ1) is 18.5. The second-order valence-corrected chi connectivity index (χ2v) is 5.48. The molecule has 0 radical (unpaired) electrons. The summed E-state index contributed by atoms with van der Waals surface area (Å²) < 4.78 is 38.9. The first-order valence-electron chi connectivity index (χ1n) is 7.81. The van der Waals surface area contributed by atoms with Gasteiger partial charge in [-0.05, 0) is 19.1 Å². The number of nitrogens with zero attached hydrogens (tertiary/aromatic N) is 3. The average molecular weight is 346 g/mol. The van der Waals surface area contributed by atoms with Crippen molar-refractivity contribution in [2.45, 2.75) is 13.1 Å². The number of alkyl halides is 3. The van der Waals surface area contributed by atoms with Gasteiger partial charge < -0.3 is 15.3 Å². The van der Waals surface area contributed by atoms with Gasteiger partial charge in [0, 0.05) is 39.3 Å². The molecule has 6 nitrogen and oxygen atoms in total. The van der Waals surface area contributed by atoms with Gasteiger partial charge in [-0.25, -0.2) is 4.98 Å². The molecule has 2 N–H and O–H groups in total. The van der Waals surface area contributed by atoms with Crippen LogP contribution in [-0.4, -0.2) is 66.8 Å². The number of pyridine rings is 1. The predicted molar refractivity (Wildman–Crippen MR) is 83.0 cm³/mol. The van der Waals surface area contributed by atoms with Crippen LogP contribution in [0.3, 0.4) is 0 Å². The van der Waals surface area contributed by atoms with Crippen molar-refractivity contribution in [1.82, 2.24) is 15.2 Å². The quantitative estimate of drug-likeness (QED) is 0.831. The van der Waals surface area contributed by atoms with E-state index < -0.39 is 17.8 Å². The molecule has 2 rings (SSSR count). The van der Waals surface area contributed by atoms with Crippen LogP contribution in [0.4, 0.5) is 19.0 Å². The van der Waals surface area contributed by atoms with Gasteiger partial charge in [0.05, 0.1) is 12.2 Å². The van der Waals surface area contributed by atoms with Gasteiger partial charge in [0.15, 0.2) is 0 Å². The summed E-state index contributed by atoms with van der Waals surface area (Å²) in [6.07, 6.45) is -4.56. The van der Waals surface area contributed by atoms with Crippen molar-refractivity contribution >= 4 is 11.7 Å². The minimum Gasteiger partial charge on any atom is -0.395 e. The molecule has 0 unspecified atom stereocenters. The third kappa shape index (κ3) is 4.35. The van der Waals surface area contributed by atoms with Crippen LogP contribution in [0.15, 0.2) is 12.1 Å². The zero-order valence-electron chi connectivity index (χ0n) is 13.4. The van der Waals surface area contributed by atoms with E-state index in [0.29, 0.717) is 39.3 Å². The van der Waals surface area contributed by atoms with Crippen molar-refractivity contribution in [3.8, 4) is 0 Å². The summed E-state index contributed by atoms with van der Waals surface area (Å²) in [5, 5.41) is 11.6. The molecule has 1 fully saturated rings. The molecule has 24 heavy (non-hydrogen) atoms. The Morgan fingerprint density at radius 1 is 1.29 bits per heavy atom. The van der Waals surface area contributed by atoms with E-state index in [1.807, 2.05) is 4.90 Å². The molecule has 1 aromatic rings. The molecule has 0 aliphatic carbocycles. The molecule has 134 valence electrons. The number of carbonyl (C=O) groups is 1. The molecule has 0 aromatic carbocycles. The van der Waals surface area contributed by atoms with Crippen LogP contribution in [-0.2, 0) is 6.18 Å². The molecule has 2 heterocycles. The van der Waals surface area contributed by atoms with Gasteiger partial charge in [-0.15, -0.1) is 0 Å². The van der Waals surface area contributed by atoms with E-state index in [2.05, 4.69) is 10.3 Å². The molecule has 1 saturated heterocycles. The summed E-state index contributed by atoms with van der Waals surface area (Å²) in [6.45, 7) is 4.74. The van der Waals surface area contributed by atoms with E-state index in [9.17, 15) is 18.0 Å². The SMILES string of the molecule is CCNC(=O)c1ccc(C(F)(F)F)nc1N1CCN(CCO)CC1. The summed E-state index contributed by atoms with van der Waals surface area (Å²) in [7, 11) is 0. The molecule has 1 amide bonds. The fourth-order valence-electron chi connectivity index (χ4n) is 2.61. The number of piperazine rings is 1. The van der Waals surface area contributed by atoms with Gasteiger partial charge in [0.1, 0.15) is 11.5 Å². The van der Waals surface area contributed by atoms with Crippen LogP contribution in [0.25, 0.3) is 0 Å². The largest absolute Gasteiger partial charge is 0.433 e. The van der Waals surface area contributed by atoms with Crippen molar-refractivity contribution in [3.05, 3.63) is 23.4 Å². The van der Waals surface area contributed by atoms with Crippen LogP contribution in [0.1, 0.15) is 23.0 Å². The number of hydrogen-bond donors (Lipinski definition) is 2. The van der Waals surface area contributed by atoms with Crippen LogP contribution < -0.4 is 10.2 Å². The number of aromatic nitrogens is 1. The van der Waals surface area contributed by atoms with Crippen molar-refractivity contribution in [3.63, 3.8) is 0 Å². The van der Waals surface area contributed by atoms with E-state index in [0.717, 1.165) is 6.07 Å². The summed E-state index contributed by atoms with van der Waals surface area (Å²) >= 11 is 0. The topological polar surface area (TPSA) is 68.7 Å². The third-order valence-corrected chi connectivity index (χ3v) is 3.84. The molecular weight excluding hydrogens is 325 g/mol. The van der Waals surface area contributed by atoms with E-state index in [1.54, 1.807) is 11.8 Å². The number of anilines is 1. The number of hydrogen-bond acceptors (Lipinski definition) is 5. The number of carbonyl (C=O) groups excluding carboxylic acids is 1. The zero-order valence-corrected chi connectivity index (χ0v) is 13.4. The number of amides is 1. The molecule has 1 aromatic heterocycles. The molecule has 0 spiro atoms. The van der Waals surface area contributed by atoms with Crippen molar-refractivity contribution < 1.29 is 23.1 Å². The van der Waals surface area contributed by atoms with Crippen LogP contribution in [0.5, 0.6) is 0 Å². The molecule has 9 heteroatoms. The minimum absolute atomic E-state index is 0.0337. The Morgan fingerprint density at radius 2 is 1.96 bits per heavy atom. The lowest BCUT2D eigenvalue weighted by atomic mass is 10.1. The number of halogens is 3. The summed E-state index contributed by atoms with van der Waals surface area (Å²) in [5.74, 6) is -0.383. The molecule has 1 aliphatic heterocycles. The Morgan fingerprint density at radius 3 is 2.50 bits per heavy atom. The fourth-order valence-corrected chi connectivity index (χ4v) is 2.61. The Bertz CT molecular complexity index is 572. The van der Waals surface area contributed by atoms with Crippen molar-refractivity contribution in [2.24, 2.45) is 0 Å². The van der Waals surface area contributed by atoms with Crippen LogP contribution in [0, 0.1) is 0 Å². The second-order valence-electron chi connectivity index (χ2n) is 5.48. The van der Waals surface area contributed by atoms with Crippen molar-refractivity contribution in [1.29, 1.82) is 0 Å². The first-order chi connectivity index (χ1) is 11.4. The number of aliphatic hydroxyl groups excluding tert-OH is 1. The average Bonchev–Trinajstić information content (AvgIpc) is 2.55. The zero-order chi connectivity index (χ0) is 17.7. The summed E-state index contributed by atoms with van der Waals surface area (Å²) in [4.78, 5) is 19.5. The molecule has 0 saturated carbocycles. The van der Waals surface area contributed by atoms with Gasteiger partial charge in [-0.1, -0.05) is 0 Å². The molecule has 0 bridgehead atoms. The fraction of sp³-hybridized carbons (Fsp3) is 0.600. The lowest BCUT2D eigenvalue weighted by Gasteiger charge is -2.36. The normalized spacial score (nSPS) is 16.3. The predicted octanol–water partition coefficient (Wildman–Crippen LogP) is 0.964. The Balaban J connectivity index is 2.29. The number of nitrogens with one attached hydrogen (secondary N) is 1. The maximum atomic E-state index is 13.0. The van der Waals surface area contributed by atoms with E-state index >= 15 is 0 Å². The molecular formula is C15H21F3N4O2. The summed E-state index contributed by atoms with van der Waals surface area (Å²) in [6, 6.07) is 2.01. The highest BCUT2D eigenvalue weighted by Crippen LogP contribution is 2.31. The van der Waals surface area contributed by atoms with Crippen molar-refractivity contribution in [2.75, 3.05) is 50.8 Å². The number of rotatable bonds is 5. The second kappa shape index (κ2) is 7.80. The molecule has 1 aliphatic rings. The van der Waals surface area contributed by atoms with Crippen LogP contribution >= 0.6 is 0 Å². The third-order valence-electron chi connectivity index (χ3n) is 3.84. The maximum Gasteiger partial charge on any atom is 0.433 e. The molecule has 0 atom stereocenters. The maximum absolute atomic E-state index is 13.0. The highest BCUT2D eigenvalue weighted by atomic mass is 19.4. The smallest absolute Gasteiger partial charge is 0.395 e. The van der Waals surface area contributed by atoms with Gasteiger partial charge in [0.2, 0.25) is 0 Å². The Hall–Kier alpha value is -1.87. The lowest BCUT2D eigenvalue weighted by molar-refractivity contribution is -0.141. The van der Waals surface area contributed by atoms with Gasteiger partial charge in [-0.2, -0.15) is 13.2 Å². The van der Waals surface area contributed by atoms with Gasteiger partial charge >= 0.3 is 6.18 Å². The number of aliphatic hydroxyl groups is 1. The Labute approximate surface area is 138 Å². The Kier molecular flexibility index (Phi) is 6.00. The van der Waals surface area contributed by atoms with Gasteiger partial charge in [-0.3, -0.25) is 9.69 Å². The van der Waals surface area contributed by atoms with E-state index in [4.69, 9.17) is 5.11 Å². The van der Waals surface area contributed by atoms with Gasteiger partial charge in [0.25, 0.3) is 5.91 Å². The van der Waals surface area contributed by atoms with Crippen LogP contribution in [0.2, 0.25) is 0 Å². The monoisotopic (exact) mass is 346 g/mol. The standard InChI is InChI=1S/C15H21F3N4O2/c1-2-19-14(24)11-3-4-12(15(16,17)18)20-13(11)22-7-5-21(6-8-22)9-10-23/h3-4,23H,2,5-10H2,1H3,(H,19,24). The summed E-state index contributed by atoms with van der Waals surface area (Å²) in [5.41, 5.74) is -0.871. The number of β-amino-alcohol motifs (C(OH)–C–C–N with tert-alkyl or cyclic N) is 1. The lowest BCUT2D eigenvalue weighted by Crippen LogP contribution is -2.48. The highest BCUT2D eigenvalue weighted by Gasteiger charge is 2.34. The minimum atomic E-state index is -4.56. The first-order valence-corrected chi connectivity index (χ1v) is 7.81. The van der Waals surface area contributed by atoms with E-state index in [-0.39, 0.29) is 18.0 Å². The van der Waals surface area contributed by atoms with E-state index in [1.165, 1.54) is 6.07 Å².